The Kier molecular flexibility index (Phi) is 8.20. The van der Waals surface area contributed by atoms with E-state index in [-0.39, 0.29) is 5.69 Å². The summed E-state index contributed by atoms with van der Waals surface area (Å²) in [6.45, 7) is 4.25. The molecule has 0 saturated carbocycles. The van der Waals surface area contributed by atoms with Crippen LogP contribution in [-0.4, -0.2) is 28.4 Å². The molecule has 4 rings (SSSR count). The summed E-state index contributed by atoms with van der Waals surface area (Å²) in [5, 5.41) is 2.83. The van der Waals surface area contributed by atoms with Gasteiger partial charge in [0.25, 0.3) is 11.8 Å². The minimum Gasteiger partial charge on any atom is -0.493 e. The van der Waals surface area contributed by atoms with E-state index in [4.69, 9.17) is 4.74 Å². The molecule has 188 valence electrons. The molecule has 0 unspecified atom stereocenters. The van der Waals surface area contributed by atoms with Crippen molar-refractivity contribution in [3.63, 3.8) is 0 Å². The fraction of sp³-hybridized carbons (Fsp3) is 0.172. The monoisotopic (exact) mass is 498 g/mol. The molecule has 0 aliphatic heterocycles. The molecule has 0 bridgehead atoms. The average molecular weight is 499 g/mol. The van der Waals surface area contributed by atoms with Crippen LogP contribution in [0.4, 0.5) is 15.8 Å². The molecule has 4 aromatic rings. The van der Waals surface area contributed by atoms with Crippen molar-refractivity contribution in [3.05, 3.63) is 114 Å². The molecule has 7 nitrogen and oxygen atoms in total. The van der Waals surface area contributed by atoms with E-state index in [1.807, 2.05) is 26.0 Å². The Morgan fingerprint density at radius 1 is 0.973 bits per heavy atom. The Bertz CT molecular complexity index is 1350. The van der Waals surface area contributed by atoms with Crippen LogP contribution < -0.4 is 15.0 Å². The first-order valence-electron chi connectivity index (χ1n) is 12.0. The zero-order chi connectivity index (χ0) is 26.2. The predicted octanol–water partition coefficient (Wildman–Crippen LogP) is 5.60. The van der Waals surface area contributed by atoms with Gasteiger partial charge in [0.2, 0.25) is 0 Å². The van der Waals surface area contributed by atoms with Crippen molar-refractivity contribution in [1.82, 2.24) is 9.97 Å². The van der Waals surface area contributed by atoms with Crippen LogP contribution >= 0.6 is 0 Å². The molecular weight excluding hydrogens is 471 g/mol. The third kappa shape index (κ3) is 5.98. The van der Waals surface area contributed by atoms with Crippen LogP contribution in [0.5, 0.6) is 5.75 Å². The number of carbonyl (C=O) groups is 2. The highest BCUT2D eigenvalue weighted by molar-refractivity contribution is 6.11. The highest BCUT2D eigenvalue weighted by atomic mass is 19.1. The Balaban J connectivity index is 1.88. The normalized spacial score (nSPS) is 11.4. The summed E-state index contributed by atoms with van der Waals surface area (Å²) in [4.78, 5) is 37.5. The number of aryl methyl sites for hydroxylation is 1. The zero-order valence-electron chi connectivity index (χ0n) is 20.6. The number of nitrogens with one attached hydrogen (secondary N) is 1. The summed E-state index contributed by atoms with van der Waals surface area (Å²) >= 11 is 0. The van der Waals surface area contributed by atoms with E-state index in [2.05, 4.69) is 15.3 Å². The summed E-state index contributed by atoms with van der Waals surface area (Å²) in [6, 6.07) is 18.8. The van der Waals surface area contributed by atoms with E-state index < -0.39 is 23.7 Å². The second-order valence-electron chi connectivity index (χ2n) is 8.16. The molecule has 0 saturated heterocycles. The van der Waals surface area contributed by atoms with E-state index in [9.17, 15) is 14.0 Å². The maximum absolute atomic E-state index is 13.9. The molecule has 0 radical (unpaired) electrons. The quantitative estimate of drug-likeness (QED) is 0.325. The first-order chi connectivity index (χ1) is 18.0. The van der Waals surface area contributed by atoms with Gasteiger partial charge in [0.1, 0.15) is 23.3 Å². The first kappa shape index (κ1) is 25.5. The maximum Gasteiger partial charge on any atom is 0.279 e. The number of benzene rings is 3. The summed E-state index contributed by atoms with van der Waals surface area (Å²) in [5.74, 6) is -0.975. The van der Waals surface area contributed by atoms with Crippen molar-refractivity contribution >= 4 is 23.2 Å². The lowest BCUT2D eigenvalue weighted by molar-refractivity contribution is -0.117. The van der Waals surface area contributed by atoms with E-state index in [0.717, 1.165) is 12.0 Å². The summed E-state index contributed by atoms with van der Waals surface area (Å²) in [7, 11) is 0. The minimum absolute atomic E-state index is 0.0792. The number of anilines is 2. The Morgan fingerprint density at radius 3 is 2.35 bits per heavy atom. The average Bonchev–Trinajstić information content (AvgIpc) is 2.94. The number of carbonyl (C=O) groups excluding carboxylic acids is 2. The molecule has 8 heteroatoms. The van der Waals surface area contributed by atoms with Crippen LogP contribution in [0.25, 0.3) is 0 Å². The second kappa shape index (κ2) is 11.9. The number of halogens is 1. The largest absolute Gasteiger partial charge is 0.493 e. The van der Waals surface area contributed by atoms with E-state index in [0.29, 0.717) is 29.3 Å². The Morgan fingerprint density at radius 2 is 1.70 bits per heavy atom. The standard InChI is InChI=1S/C29H27FN4O3/c1-3-20-9-15-23(16-10-20)34(29(36)25-19-31-17-18-32-25)27(24-7-5-6-8-26(24)37-4-2)28(35)33-22-13-11-21(30)12-14-22/h5-19,27H,3-4H2,1-2H3,(H,33,35)/t27-/m0/s1. The van der Waals surface area contributed by atoms with Crippen molar-refractivity contribution in [2.75, 3.05) is 16.8 Å². The lowest BCUT2D eigenvalue weighted by Gasteiger charge is -2.32. The van der Waals surface area contributed by atoms with Crippen molar-refractivity contribution < 1.29 is 18.7 Å². The number of amides is 2. The van der Waals surface area contributed by atoms with Crippen LogP contribution in [0.2, 0.25) is 0 Å². The molecule has 0 aliphatic carbocycles. The highest BCUT2D eigenvalue weighted by Gasteiger charge is 2.36. The third-order valence-electron chi connectivity index (χ3n) is 5.76. The lowest BCUT2D eigenvalue weighted by Crippen LogP contribution is -2.42. The molecule has 0 aliphatic rings. The molecule has 0 spiro atoms. The molecule has 2 amide bonds. The number of aromatic nitrogens is 2. The SMILES string of the molecule is CCOc1ccccc1[C@@H](C(=O)Nc1ccc(F)cc1)N(C(=O)c1cnccn1)c1ccc(CC)cc1. The maximum atomic E-state index is 13.9. The van der Waals surface area contributed by atoms with Crippen LogP contribution in [-0.2, 0) is 11.2 Å². The first-order valence-corrected chi connectivity index (χ1v) is 12.0. The summed E-state index contributed by atoms with van der Waals surface area (Å²) < 4.78 is 19.3. The minimum atomic E-state index is -1.14. The van der Waals surface area contributed by atoms with Crippen molar-refractivity contribution in [1.29, 1.82) is 0 Å². The van der Waals surface area contributed by atoms with Crippen LogP contribution in [0.1, 0.15) is 41.5 Å². The molecule has 1 N–H and O–H groups in total. The molecule has 1 heterocycles. The van der Waals surface area contributed by atoms with Gasteiger partial charge in [-0.15, -0.1) is 0 Å². The number of nitrogens with zero attached hydrogens (tertiary/aromatic N) is 3. The van der Waals surface area contributed by atoms with Gasteiger partial charge >= 0.3 is 0 Å². The smallest absolute Gasteiger partial charge is 0.279 e. The van der Waals surface area contributed by atoms with Crippen LogP contribution in [0, 0.1) is 5.82 Å². The molecule has 1 atom stereocenters. The number of para-hydroxylation sites is 1. The second-order valence-corrected chi connectivity index (χ2v) is 8.16. The molecule has 0 fully saturated rings. The van der Waals surface area contributed by atoms with E-state index in [1.54, 1.807) is 36.4 Å². The van der Waals surface area contributed by atoms with E-state index >= 15 is 0 Å². The van der Waals surface area contributed by atoms with Crippen molar-refractivity contribution in [2.24, 2.45) is 0 Å². The van der Waals surface area contributed by atoms with Gasteiger partial charge in [-0.3, -0.25) is 19.5 Å². The molecule has 1 aromatic heterocycles. The summed E-state index contributed by atoms with van der Waals surface area (Å²) in [5.41, 5.74) is 2.53. The summed E-state index contributed by atoms with van der Waals surface area (Å²) in [6.07, 6.45) is 5.08. The molecule has 3 aromatic carbocycles. The fourth-order valence-corrected chi connectivity index (χ4v) is 3.94. The molecular formula is C29H27FN4O3. The number of rotatable bonds is 9. The highest BCUT2D eigenvalue weighted by Crippen LogP contribution is 2.35. The van der Waals surface area contributed by atoms with Gasteiger partial charge < -0.3 is 10.1 Å². The zero-order valence-corrected chi connectivity index (χ0v) is 20.6. The number of hydrogen-bond acceptors (Lipinski definition) is 5. The van der Waals surface area contributed by atoms with Gasteiger partial charge in [-0.25, -0.2) is 9.37 Å². The Hall–Kier alpha value is -4.59. The number of hydrogen-bond donors (Lipinski definition) is 1. The fourth-order valence-electron chi connectivity index (χ4n) is 3.94. The van der Waals surface area contributed by atoms with Gasteiger partial charge in [0, 0.05) is 29.3 Å². The van der Waals surface area contributed by atoms with Gasteiger partial charge in [0.15, 0.2) is 0 Å². The van der Waals surface area contributed by atoms with Crippen molar-refractivity contribution in [3.8, 4) is 5.75 Å². The topological polar surface area (TPSA) is 84.4 Å². The van der Waals surface area contributed by atoms with Gasteiger partial charge in [-0.1, -0.05) is 37.3 Å². The van der Waals surface area contributed by atoms with Crippen LogP contribution in [0.15, 0.2) is 91.4 Å². The van der Waals surface area contributed by atoms with Gasteiger partial charge in [-0.2, -0.15) is 0 Å². The van der Waals surface area contributed by atoms with Gasteiger partial charge in [0.05, 0.1) is 12.8 Å². The predicted molar refractivity (Wildman–Crippen MR) is 140 cm³/mol. The third-order valence-corrected chi connectivity index (χ3v) is 5.76. The number of ether oxygens (including phenoxy) is 1. The van der Waals surface area contributed by atoms with Gasteiger partial charge in [-0.05, 0) is 61.4 Å². The van der Waals surface area contributed by atoms with Crippen LogP contribution in [0.3, 0.4) is 0 Å². The van der Waals surface area contributed by atoms with Crippen molar-refractivity contribution in [2.45, 2.75) is 26.3 Å². The molecule has 37 heavy (non-hydrogen) atoms. The Labute approximate surface area is 215 Å². The van der Waals surface area contributed by atoms with E-state index in [1.165, 1.54) is 47.8 Å². The lowest BCUT2D eigenvalue weighted by atomic mass is 10.0.